The number of hydrogen-bond acceptors (Lipinski definition) is 1. The number of benzene rings is 1. The number of carbonyl (C=O) groups is 1. The first-order chi connectivity index (χ1) is 6.02. The van der Waals surface area contributed by atoms with Gasteiger partial charge >= 0.3 is 0 Å². The molecule has 0 bridgehead atoms. The Morgan fingerprint density at radius 2 is 2.00 bits per heavy atom. The third kappa shape index (κ3) is 2.41. The molecule has 0 aliphatic carbocycles. The van der Waals surface area contributed by atoms with Gasteiger partial charge in [0.1, 0.15) is 0 Å². The van der Waals surface area contributed by atoms with Crippen molar-refractivity contribution in [1.82, 2.24) is 0 Å². The molecule has 70 valence electrons. The standard InChI is InChI=1S/C11H13BrO/c1-7(2)9-4-5-10(8(3)13)11(12)6-9/h4-7H,1-3H3. The van der Waals surface area contributed by atoms with Crippen LogP contribution < -0.4 is 0 Å². The number of halogens is 1. The molecule has 0 aromatic heterocycles. The minimum Gasteiger partial charge on any atom is -0.294 e. The average molecular weight is 241 g/mol. The van der Waals surface area contributed by atoms with Gasteiger partial charge in [-0.05, 0) is 24.5 Å². The fourth-order valence-electron chi connectivity index (χ4n) is 1.18. The van der Waals surface area contributed by atoms with Gasteiger partial charge in [-0.1, -0.05) is 41.9 Å². The molecule has 13 heavy (non-hydrogen) atoms. The smallest absolute Gasteiger partial charge is 0.160 e. The van der Waals surface area contributed by atoms with E-state index in [0.717, 1.165) is 10.0 Å². The molecule has 0 fully saturated rings. The molecular weight excluding hydrogens is 228 g/mol. The van der Waals surface area contributed by atoms with Gasteiger partial charge in [0.2, 0.25) is 0 Å². The zero-order valence-corrected chi connectivity index (χ0v) is 9.68. The van der Waals surface area contributed by atoms with Gasteiger partial charge in [0.15, 0.2) is 5.78 Å². The SMILES string of the molecule is CC(=O)c1ccc(C(C)C)cc1Br. The molecule has 0 unspecified atom stereocenters. The summed E-state index contributed by atoms with van der Waals surface area (Å²) in [6.45, 7) is 5.85. The van der Waals surface area contributed by atoms with E-state index in [4.69, 9.17) is 0 Å². The lowest BCUT2D eigenvalue weighted by Gasteiger charge is -2.07. The lowest BCUT2D eigenvalue weighted by Crippen LogP contribution is -1.95. The van der Waals surface area contributed by atoms with Gasteiger partial charge in [0.25, 0.3) is 0 Å². The molecule has 0 aliphatic rings. The van der Waals surface area contributed by atoms with Crippen molar-refractivity contribution in [1.29, 1.82) is 0 Å². The van der Waals surface area contributed by atoms with Crippen molar-refractivity contribution >= 4 is 21.7 Å². The Bertz CT molecular complexity index is 329. The minimum absolute atomic E-state index is 0.0992. The largest absolute Gasteiger partial charge is 0.294 e. The third-order valence-electron chi connectivity index (χ3n) is 2.04. The highest BCUT2D eigenvalue weighted by molar-refractivity contribution is 9.10. The van der Waals surface area contributed by atoms with Gasteiger partial charge in [-0.2, -0.15) is 0 Å². The Morgan fingerprint density at radius 3 is 2.38 bits per heavy atom. The molecule has 1 nitrogen and oxygen atoms in total. The minimum atomic E-state index is 0.0992. The third-order valence-corrected chi connectivity index (χ3v) is 2.70. The molecule has 0 spiro atoms. The van der Waals surface area contributed by atoms with E-state index in [0.29, 0.717) is 5.92 Å². The number of ketones is 1. The normalized spacial score (nSPS) is 10.5. The number of hydrogen-bond donors (Lipinski definition) is 0. The Morgan fingerprint density at radius 1 is 1.38 bits per heavy atom. The van der Waals surface area contributed by atoms with Gasteiger partial charge < -0.3 is 0 Å². The number of rotatable bonds is 2. The van der Waals surface area contributed by atoms with Crippen LogP contribution >= 0.6 is 15.9 Å². The lowest BCUT2D eigenvalue weighted by molar-refractivity contribution is 0.101. The number of Topliss-reactive ketones (excluding diaryl/α,β-unsaturated/α-hetero) is 1. The van der Waals surface area contributed by atoms with Crippen LogP contribution in [0.3, 0.4) is 0 Å². The predicted octanol–water partition coefficient (Wildman–Crippen LogP) is 3.78. The van der Waals surface area contributed by atoms with Crippen molar-refractivity contribution in [3.63, 3.8) is 0 Å². The monoisotopic (exact) mass is 240 g/mol. The zero-order valence-electron chi connectivity index (χ0n) is 8.10. The van der Waals surface area contributed by atoms with Crippen LogP contribution in [0.4, 0.5) is 0 Å². The Labute approximate surface area is 87.3 Å². The Balaban J connectivity index is 3.13. The van der Waals surface area contributed by atoms with Crippen molar-refractivity contribution in [3.8, 4) is 0 Å². The summed E-state index contributed by atoms with van der Waals surface area (Å²) in [6.07, 6.45) is 0. The second-order valence-corrected chi connectivity index (χ2v) is 4.30. The van der Waals surface area contributed by atoms with Crippen LogP contribution in [-0.2, 0) is 0 Å². The molecule has 0 saturated carbocycles. The van der Waals surface area contributed by atoms with Gasteiger partial charge in [-0.3, -0.25) is 4.79 Å². The van der Waals surface area contributed by atoms with Crippen LogP contribution in [0.25, 0.3) is 0 Å². The van der Waals surface area contributed by atoms with Crippen molar-refractivity contribution in [2.24, 2.45) is 0 Å². The quantitative estimate of drug-likeness (QED) is 0.720. The van der Waals surface area contributed by atoms with Gasteiger partial charge in [0, 0.05) is 10.0 Å². The molecule has 0 radical (unpaired) electrons. The summed E-state index contributed by atoms with van der Waals surface area (Å²) < 4.78 is 0.895. The van der Waals surface area contributed by atoms with E-state index in [2.05, 4.69) is 29.8 Å². The van der Waals surface area contributed by atoms with Crippen molar-refractivity contribution in [3.05, 3.63) is 33.8 Å². The van der Waals surface area contributed by atoms with Crippen molar-refractivity contribution in [2.75, 3.05) is 0 Å². The van der Waals surface area contributed by atoms with Crippen LogP contribution in [0.1, 0.15) is 42.6 Å². The van der Waals surface area contributed by atoms with Crippen LogP contribution in [-0.4, -0.2) is 5.78 Å². The summed E-state index contributed by atoms with van der Waals surface area (Å²) in [6, 6.07) is 5.90. The fraction of sp³-hybridized carbons (Fsp3) is 0.364. The van der Waals surface area contributed by atoms with Crippen molar-refractivity contribution < 1.29 is 4.79 Å². The summed E-state index contributed by atoms with van der Waals surface area (Å²) in [5, 5.41) is 0. The van der Waals surface area contributed by atoms with Gasteiger partial charge in [-0.25, -0.2) is 0 Å². The van der Waals surface area contributed by atoms with Crippen LogP contribution in [0, 0.1) is 0 Å². The maximum atomic E-state index is 11.1. The lowest BCUT2D eigenvalue weighted by atomic mass is 10.0. The summed E-state index contributed by atoms with van der Waals surface area (Å²) in [7, 11) is 0. The molecule has 0 amide bonds. The van der Waals surface area contributed by atoms with Crippen molar-refractivity contribution in [2.45, 2.75) is 26.7 Å². The first kappa shape index (κ1) is 10.5. The highest BCUT2D eigenvalue weighted by Gasteiger charge is 2.06. The molecule has 0 saturated heterocycles. The van der Waals surface area contributed by atoms with E-state index in [1.807, 2.05) is 18.2 Å². The first-order valence-electron chi connectivity index (χ1n) is 4.32. The van der Waals surface area contributed by atoms with E-state index in [1.165, 1.54) is 5.56 Å². The molecule has 0 heterocycles. The van der Waals surface area contributed by atoms with Crippen LogP contribution in [0.5, 0.6) is 0 Å². The molecule has 1 aromatic carbocycles. The summed E-state index contributed by atoms with van der Waals surface area (Å²) >= 11 is 3.40. The summed E-state index contributed by atoms with van der Waals surface area (Å²) in [5.41, 5.74) is 2.00. The molecular formula is C11H13BrO. The highest BCUT2D eigenvalue weighted by Crippen LogP contribution is 2.23. The van der Waals surface area contributed by atoms with E-state index in [-0.39, 0.29) is 5.78 Å². The summed E-state index contributed by atoms with van der Waals surface area (Å²) in [4.78, 5) is 11.1. The predicted molar refractivity (Wildman–Crippen MR) is 58.2 cm³/mol. The second kappa shape index (κ2) is 4.05. The molecule has 1 aromatic rings. The molecule has 0 aliphatic heterocycles. The first-order valence-corrected chi connectivity index (χ1v) is 5.12. The second-order valence-electron chi connectivity index (χ2n) is 3.45. The molecule has 0 N–H and O–H groups in total. The fourth-order valence-corrected chi connectivity index (χ4v) is 1.85. The highest BCUT2D eigenvalue weighted by atomic mass is 79.9. The zero-order chi connectivity index (χ0) is 10.0. The maximum absolute atomic E-state index is 11.1. The number of carbonyl (C=O) groups excluding carboxylic acids is 1. The van der Waals surface area contributed by atoms with Crippen LogP contribution in [0.2, 0.25) is 0 Å². The average Bonchev–Trinajstić information content (AvgIpc) is 2.03. The molecule has 2 heteroatoms. The van der Waals surface area contributed by atoms with E-state index < -0.39 is 0 Å². The van der Waals surface area contributed by atoms with E-state index >= 15 is 0 Å². The van der Waals surface area contributed by atoms with Gasteiger partial charge in [-0.15, -0.1) is 0 Å². The van der Waals surface area contributed by atoms with E-state index in [1.54, 1.807) is 6.92 Å². The summed E-state index contributed by atoms with van der Waals surface area (Å²) in [5.74, 6) is 0.597. The Hall–Kier alpha value is -0.630. The topological polar surface area (TPSA) is 17.1 Å². The van der Waals surface area contributed by atoms with Gasteiger partial charge in [0.05, 0.1) is 0 Å². The van der Waals surface area contributed by atoms with E-state index in [9.17, 15) is 4.79 Å². The van der Waals surface area contributed by atoms with Crippen LogP contribution in [0.15, 0.2) is 22.7 Å². The molecule has 0 atom stereocenters. The molecule has 1 rings (SSSR count). The Kier molecular flexibility index (Phi) is 3.26. The maximum Gasteiger partial charge on any atom is 0.160 e.